The predicted octanol–water partition coefficient (Wildman–Crippen LogP) is 5.44. The van der Waals surface area contributed by atoms with E-state index in [1.54, 1.807) is 32.1 Å². The van der Waals surface area contributed by atoms with Crippen molar-refractivity contribution in [2.45, 2.75) is 64.7 Å². The third-order valence-corrected chi connectivity index (χ3v) is 7.26. The van der Waals surface area contributed by atoms with Gasteiger partial charge in [-0.05, 0) is 80.0 Å². The van der Waals surface area contributed by atoms with Crippen LogP contribution in [0.15, 0.2) is 12.2 Å². The lowest BCUT2D eigenvalue weighted by Gasteiger charge is -2.55. The first-order chi connectivity index (χ1) is 9.34. The number of fused-ring (bicyclic) bond motifs is 5. The van der Waals surface area contributed by atoms with E-state index in [-0.39, 0.29) is 0 Å². The molecule has 0 aromatic carbocycles. The Balaban J connectivity index is 1.63. The summed E-state index contributed by atoms with van der Waals surface area (Å²) in [5, 5.41) is 0. The topological polar surface area (TPSA) is 0 Å². The molecule has 0 spiro atoms. The Morgan fingerprint density at radius 1 is 0.842 bits per heavy atom. The fourth-order valence-electron chi connectivity index (χ4n) is 6.59. The normalized spacial score (nSPS) is 53.0. The summed E-state index contributed by atoms with van der Waals surface area (Å²) in [6.45, 7) is 2.54. The molecule has 19 heavy (non-hydrogen) atoms. The van der Waals surface area contributed by atoms with Crippen molar-refractivity contribution in [3.8, 4) is 0 Å². The van der Waals surface area contributed by atoms with Crippen molar-refractivity contribution in [2.75, 3.05) is 0 Å². The summed E-state index contributed by atoms with van der Waals surface area (Å²) in [7, 11) is 0. The molecule has 0 aliphatic heterocycles. The molecule has 0 nitrogen and oxygen atoms in total. The first-order valence-electron chi connectivity index (χ1n) is 9.01. The predicted molar refractivity (Wildman–Crippen MR) is 80.8 cm³/mol. The van der Waals surface area contributed by atoms with E-state index < -0.39 is 0 Å². The van der Waals surface area contributed by atoms with Crippen LogP contribution in [0.5, 0.6) is 0 Å². The van der Waals surface area contributed by atoms with Crippen LogP contribution in [0.2, 0.25) is 0 Å². The fraction of sp³-hybridized carbons (Fsp3) is 0.895. The summed E-state index contributed by atoms with van der Waals surface area (Å²) in [6, 6.07) is 0. The second-order valence-electron chi connectivity index (χ2n) is 8.08. The minimum absolute atomic E-state index is 0.940. The van der Waals surface area contributed by atoms with E-state index in [1.165, 1.54) is 25.7 Å². The molecule has 4 aliphatic rings. The van der Waals surface area contributed by atoms with E-state index >= 15 is 0 Å². The Kier molecular flexibility index (Phi) is 3.24. The van der Waals surface area contributed by atoms with Gasteiger partial charge < -0.3 is 0 Å². The second-order valence-corrected chi connectivity index (χ2v) is 8.08. The third-order valence-electron chi connectivity index (χ3n) is 7.26. The van der Waals surface area contributed by atoms with E-state index in [9.17, 15) is 0 Å². The zero-order valence-corrected chi connectivity index (χ0v) is 12.6. The van der Waals surface area contributed by atoms with Crippen molar-refractivity contribution < 1.29 is 0 Å². The van der Waals surface area contributed by atoms with Gasteiger partial charge in [0.05, 0.1) is 0 Å². The van der Waals surface area contributed by atoms with Gasteiger partial charge >= 0.3 is 0 Å². The van der Waals surface area contributed by atoms with Crippen LogP contribution in [0.1, 0.15) is 64.7 Å². The molecule has 0 aromatic rings. The second kappa shape index (κ2) is 4.93. The van der Waals surface area contributed by atoms with Crippen LogP contribution in [0.3, 0.4) is 0 Å². The fourth-order valence-corrected chi connectivity index (χ4v) is 6.59. The molecule has 0 radical (unpaired) electrons. The van der Waals surface area contributed by atoms with Crippen molar-refractivity contribution in [3.05, 3.63) is 12.2 Å². The van der Waals surface area contributed by atoms with Gasteiger partial charge in [-0.15, -0.1) is 0 Å². The van der Waals surface area contributed by atoms with E-state index in [2.05, 4.69) is 19.1 Å². The lowest BCUT2D eigenvalue weighted by Crippen LogP contribution is -2.48. The molecule has 0 heteroatoms. The van der Waals surface area contributed by atoms with E-state index in [0.29, 0.717) is 0 Å². The summed E-state index contributed by atoms with van der Waals surface area (Å²) < 4.78 is 0. The highest BCUT2D eigenvalue weighted by atomic mass is 14.5. The van der Waals surface area contributed by atoms with Gasteiger partial charge in [-0.2, -0.15) is 0 Å². The molecule has 0 amide bonds. The molecule has 0 heterocycles. The van der Waals surface area contributed by atoms with Gasteiger partial charge in [0.15, 0.2) is 0 Å². The van der Waals surface area contributed by atoms with Crippen molar-refractivity contribution in [1.29, 1.82) is 0 Å². The highest BCUT2D eigenvalue weighted by Gasteiger charge is 2.49. The molecule has 0 saturated heterocycles. The molecular formula is C19H30. The third kappa shape index (κ3) is 2.01. The van der Waals surface area contributed by atoms with E-state index in [4.69, 9.17) is 0 Å². The number of hydrogen-bond donors (Lipinski definition) is 0. The Bertz CT molecular complexity index is 355. The van der Waals surface area contributed by atoms with Gasteiger partial charge in [0.1, 0.15) is 0 Å². The Labute approximate surface area is 119 Å². The summed E-state index contributed by atoms with van der Waals surface area (Å²) in [5.41, 5.74) is 0. The number of allylic oxidation sites excluding steroid dienone is 2. The molecule has 0 bridgehead atoms. The smallest absolute Gasteiger partial charge is 0.0176 e. The lowest BCUT2D eigenvalue weighted by atomic mass is 9.49. The van der Waals surface area contributed by atoms with Crippen LogP contribution in [0.25, 0.3) is 0 Å². The van der Waals surface area contributed by atoms with Crippen molar-refractivity contribution in [1.82, 2.24) is 0 Å². The van der Waals surface area contributed by atoms with Crippen LogP contribution >= 0.6 is 0 Å². The number of rotatable bonds is 0. The monoisotopic (exact) mass is 258 g/mol. The first-order valence-corrected chi connectivity index (χ1v) is 9.01. The van der Waals surface area contributed by atoms with E-state index in [1.807, 2.05) is 0 Å². The zero-order valence-electron chi connectivity index (χ0n) is 12.6. The Morgan fingerprint density at radius 2 is 1.68 bits per heavy atom. The lowest BCUT2D eigenvalue weighted by molar-refractivity contribution is -0.0502. The highest BCUT2D eigenvalue weighted by molar-refractivity contribution is 5.07. The minimum atomic E-state index is 0.940. The molecule has 106 valence electrons. The summed E-state index contributed by atoms with van der Waals surface area (Å²) >= 11 is 0. The molecule has 4 aliphatic carbocycles. The van der Waals surface area contributed by atoms with Crippen LogP contribution in [0.4, 0.5) is 0 Å². The van der Waals surface area contributed by atoms with Gasteiger partial charge in [-0.3, -0.25) is 0 Å². The van der Waals surface area contributed by atoms with Crippen molar-refractivity contribution >= 4 is 0 Å². The van der Waals surface area contributed by atoms with Crippen molar-refractivity contribution in [2.24, 2.45) is 41.4 Å². The summed E-state index contributed by atoms with van der Waals surface area (Å²) in [6.07, 6.45) is 18.9. The summed E-state index contributed by atoms with van der Waals surface area (Å²) in [4.78, 5) is 0. The van der Waals surface area contributed by atoms with Gasteiger partial charge in [0.2, 0.25) is 0 Å². The first kappa shape index (κ1) is 12.5. The van der Waals surface area contributed by atoms with Crippen LogP contribution < -0.4 is 0 Å². The largest absolute Gasteiger partial charge is 0.0882 e. The zero-order chi connectivity index (χ0) is 12.8. The van der Waals surface area contributed by atoms with Gasteiger partial charge in [-0.25, -0.2) is 0 Å². The maximum atomic E-state index is 2.61. The Hall–Kier alpha value is -0.260. The Morgan fingerprint density at radius 3 is 2.63 bits per heavy atom. The molecule has 4 rings (SSSR count). The average molecular weight is 258 g/mol. The standard InChI is InChI=1S/C19H30/c1-13-12-15-11-10-14-6-2-3-8-17(14)19(15)18-9-5-4-7-16(13)18/h4,7,13-19H,2-3,5-6,8-12H2,1H3. The van der Waals surface area contributed by atoms with Gasteiger partial charge in [0, 0.05) is 0 Å². The minimum Gasteiger partial charge on any atom is -0.0882 e. The SMILES string of the molecule is CC1CC2CCC3CCCCC3C2C2CCC=CC12. The van der Waals surface area contributed by atoms with Crippen molar-refractivity contribution in [3.63, 3.8) is 0 Å². The van der Waals surface area contributed by atoms with E-state index in [0.717, 1.165) is 41.4 Å². The highest BCUT2D eigenvalue weighted by Crippen LogP contribution is 2.57. The molecule has 0 N–H and O–H groups in total. The quantitative estimate of drug-likeness (QED) is 0.507. The maximum Gasteiger partial charge on any atom is -0.0176 e. The van der Waals surface area contributed by atoms with Crippen LogP contribution in [-0.4, -0.2) is 0 Å². The molecule has 0 aromatic heterocycles. The molecule has 7 unspecified atom stereocenters. The summed E-state index contributed by atoms with van der Waals surface area (Å²) in [5.74, 6) is 7.42. The molecule has 3 saturated carbocycles. The molecule has 7 atom stereocenters. The van der Waals surface area contributed by atoms with Gasteiger partial charge in [0.25, 0.3) is 0 Å². The van der Waals surface area contributed by atoms with Crippen LogP contribution in [-0.2, 0) is 0 Å². The molecular weight excluding hydrogens is 228 g/mol. The van der Waals surface area contributed by atoms with Crippen LogP contribution in [0, 0.1) is 41.4 Å². The average Bonchev–Trinajstić information content (AvgIpc) is 2.47. The number of hydrogen-bond acceptors (Lipinski definition) is 0. The maximum absolute atomic E-state index is 2.61. The van der Waals surface area contributed by atoms with Gasteiger partial charge in [-0.1, -0.05) is 38.3 Å². The molecule has 3 fully saturated rings.